The van der Waals surface area contributed by atoms with Gasteiger partial charge >= 0.3 is 0 Å². The van der Waals surface area contributed by atoms with Gasteiger partial charge in [0.25, 0.3) is 0 Å². The van der Waals surface area contributed by atoms with Gasteiger partial charge in [0.1, 0.15) is 0 Å². The van der Waals surface area contributed by atoms with Gasteiger partial charge in [-0.2, -0.15) is 0 Å². The summed E-state index contributed by atoms with van der Waals surface area (Å²) in [6.45, 7) is 7.82. The number of nitrogens with one attached hydrogen (secondary N) is 2. The van der Waals surface area contributed by atoms with Crippen LogP contribution in [0.15, 0.2) is 24.3 Å². The third-order valence-corrected chi connectivity index (χ3v) is 6.57. The molecule has 0 aromatic heterocycles. The average Bonchev–Trinajstić information content (AvgIpc) is 3.11. The van der Waals surface area contributed by atoms with Crippen molar-refractivity contribution in [1.29, 1.82) is 0 Å². The van der Waals surface area contributed by atoms with Crippen molar-refractivity contribution < 1.29 is 9.53 Å². The Balaban J connectivity index is 1.24. The SMILES string of the molecule is CC1CN(Cc2ccc(CNC(=O)C3CC4CCCCC4N3)cc2)CC(C)O1. The minimum absolute atomic E-state index is 0.00215. The number of carbonyl (C=O) groups is 1. The third-order valence-electron chi connectivity index (χ3n) is 6.57. The van der Waals surface area contributed by atoms with E-state index in [2.05, 4.69) is 53.6 Å². The summed E-state index contributed by atoms with van der Waals surface area (Å²) in [6.07, 6.45) is 6.74. The van der Waals surface area contributed by atoms with E-state index in [1.165, 1.54) is 31.2 Å². The lowest BCUT2D eigenvalue weighted by Crippen LogP contribution is -2.44. The van der Waals surface area contributed by atoms with Gasteiger partial charge in [0.2, 0.25) is 5.91 Å². The fraction of sp³-hybridized carbons (Fsp3) is 0.696. The zero-order valence-electron chi connectivity index (χ0n) is 17.3. The Kier molecular flexibility index (Phi) is 6.34. The van der Waals surface area contributed by atoms with Crippen molar-refractivity contribution in [1.82, 2.24) is 15.5 Å². The Hall–Kier alpha value is -1.43. The number of rotatable bonds is 5. The summed E-state index contributed by atoms with van der Waals surface area (Å²) in [4.78, 5) is 15.0. The van der Waals surface area contributed by atoms with Crippen molar-refractivity contribution >= 4 is 5.91 Å². The van der Waals surface area contributed by atoms with Gasteiger partial charge in [-0.15, -0.1) is 0 Å². The maximum atomic E-state index is 12.6. The highest BCUT2D eigenvalue weighted by Crippen LogP contribution is 2.33. The third kappa shape index (κ3) is 4.94. The molecule has 2 saturated heterocycles. The topological polar surface area (TPSA) is 53.6 Å². The van der Waals surface area contributed by atoms with Gasteiger partial charge in [0.15, 0.2) is 0 Å². The molecule has 0 radical (unpaired) electrons. The van der Waals surface area contributed by atoms with Gasteiger partial charge in [0, 0.05) is 32.2 Å². The summed E-state index contributed by atoms with van der Waals surface area (Å²) in [5.74, 6) is 0.865. The van der Waals surface area contributed by atoms with Crippen LogP contribution in [-0.2, 0) is 22.6 Å². The monoisotopic (exact) mass is 385 g/mol. The maximum absolute atomic E-state index is 12.6. The lowest BCUT2D eigenvalue weighted by Gasteiger charge is -2.35. The quantitative estimate of drug-likeness (QED) is 0.818. The summed E-state index contributed by atoms with van der Waals surface area (Å²) < 4.78 is 5.81. The molecule has 2 aliphatic heterocycles. The van der Waals surface area contributed by atoms with Crippen molar-refractivity contribution in [2.24, 2.45) is 5.92 Å². The highest BCUT2D eigenvalue weighted by molar-refractivity contribution is 5.82. The molecule has 28 heavy (non-hydrogen) atoms. The van der Waals surface area contributed by atoms with Crippen LogP contribution < -0.4 is 10.6 Å². The number of amides is 1. The minimum Gasteiger partial charge on any atom is -0.373 e. The van der Waals surface area contributed by atoms with Crippen LogP contribution in [0, 0.1) is 5.92 Å². The first kappa shape index (κ1) is 19.9. The Morgan fingerprint density at radius 1 is 1.11 bits per heavy atom. The molecule has 5 unspecified atom stereocenters. The Bertz CT molecular complexity index is 638. The average molecular weight is 386 g/mol. The van der Waals surface area contributed by atoms with E-state index in [9.17, 15) is 4.79 Å². The van der Waals surface area contributed by atoms with E-state index < -0.39 is 0 Å². The van der Waals surface area contributed by atoms with Crippen LogP contribution in [0.3, 0.4) is 0 Å². The molecule has 1 amide bonds. The van der Waals surface area contributed by atoms with Gasteiger partial charge in [-0.1, -0.05) is 37.1 Å². The Morgan fingerprint density at radius 2 is 1.79 bits per heavy atom. The number of benzene rings is 1. The number of hydrogen-bond donors (Lipinski definition) is 2. The molecule has 4 rings (SSSR count). The largest absolute Gasteiger partial charge is 0.373 e. The first-order valence-corrected chi connectivity index (χ1v) is 11.1. The van der Waals surface area contributed by atoms with Crippen molar-refractivity contribution in [3.63, 3.8) is 0 Å². The van der Waals surface area contributed by atoms with Gasteiger partial charge in [-0.3, -0.25) is 9.69 Å². The molecule has 5 heteroatoms. The van der Waals surface area contributed by atoms with E-state index in [1.54, 1.807) is 0 Å². The van der Waals surface area contributed by atoms with Crippen molar-refractivity contribution in [2.75, 3.05) is 13.1 Å². The first-order chi connectivity index (χ1) is 13.6. The standard InChI is InChI=1S/C23H35N3O2/c1-16-13-26(14-17(2)28-16)15-19-9-7-18(8-10-19)12-24-23(27)22-11-20-5-3-4-6-21(20)25-22/h7-10,16-17,20-22,25H,3-6,11-15H2,1-2H3,(H,24,27). The fourth-order valence-corrected chi connectivity index (χ4v) is 5.27. The molecule has 1 aromatic rings. The van der Waals surface area contributed by atoms with Gasteiger partial charge in [-0.25, -0.2) is 0 Å². The van der Waals surface area contributed by atoms with Crippen molar-refractivity contribution in [3.05, 3.63) is 35.4 Å². The van der Waals surface area contributed by atoms with E-state index >= 15 is 0 Å². The van der Waals surface area contributed by atoms with E-state index in [1.807, 2.05) is 0 Å². The lowest BCUT2D eigenvalue weighted by atomic mass is 9.85. The van der Waals surface area contributed by atoms with Gasteiger partial charge < -0.3 is 15.4 Å². The van der Waals surface area contributed by atoms with Gasteiger partial charge in [-0.05, 0) is 50.2 Å². The predicted molar refractivity (Wildman–Crippen MR) is 111 cm³/mol. The molecule has 2 heterocycles. The minimum atomic E-state index is -0.00215. The maximum Gasteiger partial charge on any atom is 0.237 e. The second kappa shape index (κ2) is 8.93. The summed E-state index contributed by atoms with van der Waals surface area (Å²) in [7, 11) is 0. The molecule has 1 aliphatic carbocycles. The second-order valence-corrected chi connectivity index (χ2v) is 9.09. The predicted octanol–water partition coefficient (Wildman–Crippen LogP) is 2.83. The van der Waals surface area contributed by atoms with Crippen LogP contribution in [0.1, 0.15) is 57.1 Å². The Labute approximate surface area is 169 Å². The zero-order chi connectivity index (χ0) is 19.5. The lowest BCUT2D eigenvalue weighted by molar-refractivity contribution is -0.123. The van der Waals surface area contributed by atoms with Crippen molar-refractivity contribution in [2.45, 2.75) is 83.3 Å². The molecular weight excluding hydrogens is 350 g/mol. The summed E-state index contributed by atoms with van der Waals surface area (Å²) in [5.41, 5.74) is 2.48. The van der Waals surface area contributed by atoms with Crippen LogP contribution in [0.4, 0.5) is 0 Å². The van der Waals surface area contributed by atoms with Crippen LogP contribution in [0.5, 0.6) is 0 Å². The smallest absolute Gasteiger partial charge is 0.237 e. The molecule has 2 N–H and O–H groups in total. The van der Waals surface area contributed by atoms with Crippen molar-refractivity contribution in [3.8, 4) is 0 Å². The first-order valence-electron chi connectivity index (χ1n) is 11.1. The molecule has 0 spiro atoms. The number of ether oxygens (including phenoxy) is 1. The summed E-state index contributed by atoms with van der Waals surface area (Å²) >= 11 is 0. The number of fused-ring (bicyclic) bond motifs is 1. The number of hydrogen-bond acceptors (Lipinski definition) is 4. The molecule has 5 nitrogen and oxygen atoms in total. The molecule has 1 aromatic carbocycles. The molecule has 3 fully saturated rings. The second-order valence-electron chi connectivity index (χ2n) is 9.09. The van der Waals surface area contributed by atoms with Crippen LogP contribution >= 0.6 is 0 Å². The van der Waals surface area contributed by atoms with E-state index in [-0.39, 0.29) is 11.9 Å². The molecule has 5 atom stereocenters. The molecule has 1 saturated carbocycles. The molecule has 154 valence electrons. The summed E-state index contributed by atoms with van der Waals surface area (Å²) in [5, 5.41) is 6.70. The highest BCUT2D eigenvalue weighted by atomic mass is 16.5. The summed E-state index contributed by atoms with van der Waals surface area (Å²) in [6, 6.07) is 9.23. The molecule has 0 bridgehead atoms. The molecular formula is C23H35N3O2. The number of nitrogens with zero attached hydrogens (tertiary/aromatic N) is 1. The Morgan fingerprint density at radius 3 is 2.50 bits per heavy atom. The van der Waals surface area contributed by atoms with Crippen LogP contribution in [0.25, 0.3) is 0 Å². The number of morpholine rings is 1. The normalized spacial score (nSPS) is 33.4. The van der Waals surface area contributed by atoms with Crippen LogP contribution in [0.2, 0.25) is 0 Å². The van der Waals surface area contributed by atoms with Gasteiger partial charge in [0.05, 0.1) is 18.2 Å². The van der Waals surface area contributed by atoms with E-state index in [4.69, 9.17) is 4.74 Å². The fourth-order valence-electron chi connectivity index (χ4n) is 5.27. The number of carbonyl (C=O) groups excluding carboxylic acids is 1. The van der Waals surface area contributed by atoms with E-state index in [0.29, 0.717) is 30.7 Å². The highest BCUT2D eigenvalue weighted by Gasteiger charge is 2.38. The van der Waals surface area contributed by atoms with E-state index in [0.717, 1.165) is 31.6 Å². The zero-order valence-corrected chi connectivity index (χ0v) is 17.3. The molecule has 3 aliphatic rings. The van der Waals surface area contributed by atoms with Crippen LogP contribution in [-0.4, -0.2) is 48.2 Å².